The van der Waals surface area contributed by atoms with Gasteiger partial charge in [-0.3, -0.25) is 4.79 Å². The van der Waals surface area contributed by atoms with E-state index in [2.05, 4.69) is 46.3 Å². The van der Waals surface area contributed by atoms with Crippen molar-refractivity contribution in [2.24, 2.45) is 0 Å². The molecule has 5 rings (SSSR count). The number of carbonyl (C=O) groups is 1. The number of hydrogen-bond donors (Lipinski definition) is 0. The van der Waals surface area contributed by atoms with Gasteiger partial charge in [0.1, 0.15) is 5.82 Å². The van der Waals surface area contributed by atoms with E-state index in [1.54, 1.807) is 17.8 Å². The van der Waals surface area contributed by atoms with Gasteiger partial charge in [-0.05, 0) is 66.1 Å². The van der Waals surface area contributed by atoms with Crippen molar-refractivity contribution >= 4 is 23.7 Å². The molecule has 3 nitrogen and oxygen atoms in total. The van der Waals surface area contributed by atoms with Crippen LogP contribution in [0.25, 0.3) is 11.1 Å². The van der Waals surface area contributed by atoms with Gasteiger partial charge in [-0.25, -0.2) is 9.37 Å². The van der Waals surface area contributed by atoms with Gasteiger partial charge in [0.05, 0.1) is 11.2 Å². The first kappa shape index (κ1) is 19.3. The zero-order chi connectivity index (χ0) is 20.5. The number of aldehydes is 1. The third-order valence-corrected chi connectivity index (χ3v) is 7.12. The summed E-state index contributed by atoms with van der Waals surface area (Å²) in [6.45, 7) is 1.75. The standard InChI is InChI=1S/C25H23FN2OS/c26-20-8-10-25(27-14-20)30-21-11-12-28(15-21)24-9-7-18(13-19(24)16-29)23-4-2-1-3-22(23)17-5-6-17/h1-4,7-10,13-14,16-17,21H,5-6,11-12,15H2/t21-/m0/s1. The molecule has 0 radical (unpaired) electrons. The minimum atomic E-state index is -0.314. The summed E-state index contributed by atoms with van der Waals surface area (Å²) in [6.07, 6.45) is 5.75. The van der Waals surface area contributed by atoms with Crippen molar-refractivity contribution in [1.29, 1.82) is 0 Å². The SMILES string of the molecule is O=Cc1cc(-c2ccccc2C2CC2)ccc1N1CC[C@H](Sc2ccc(F)cn2)C1. The van der Waals surface area contributed by atoms with E-state index < -0.39 is 0 Å². The molecular formula is C25H23FN2OS. The third kappa shape index (κ3) is 3.99. The minimum Gasteiger partial charge on any atom is -0.370 e. The van der Waals surface area contributed by atoms with Crippen molar-refractivity contribution in [2.45, 2.75) is 35.5 Å². The van der Waals surface area contributed by atoms with Crippen LogP contribution in [-0.4, -0.2) is 29.6 Å². The van der Waals surface area contributed by atoms with Crippen LogP contribution in [0, 0.1) is 5.82 Å². The summed E-state index contributed by atoms with van der Waals surface area (Å²) in [7, 11) is 0. The molecule has 0 bridgehead atoms. The van der Waals surface area contributed by atoms with Crippen molar-refractivity contribution in [1.82, 2.24) is 4.98 Å². The quantitative estimate of drug-likeness (QED) is 0.463. The molecular weight excluding hydrogens is 395 g/mol. The third-order valence-electron chi connectivity index (χ3n) is 5.92. The van der Waals surface area contributed by atoms with Crippen molar-refractivity contribution in [2.75, 3.05) is 18.0 Å². The number of carbonyl (C=O) groups excluding carboxylic acids is 1. The monoisotopic (exact) mass is 418 g/mol. The zero-order valence-corrected chi connectivity index (χ0v) is 17.4. The Labute approximate surface area is 180 Å². The second-order valence-electron chi connectivity index (χ2n) is 8.04. The largest absolute Gasteiger partial charge is 0.370 e. The molecule has 1 saturated heterocycles. The van der Waals surface area contributed by atoms with E-state index in [4.69, 9.17) is 0 Å². The molecule has 2 fully saturated rings. The molecule has 2 heterocycles. The average Bonchev–Trinajstić information content (AvgIpc) is 3.53. The predicted molar refractivity (Wildman–Crippen MR) is 120 cm³/mol. The van der Waals surface area contributed by atoms with Crippen molar-refractivity contribution in [3.63, 3.8) is 0 Å². The van der Waals surface area contributed by atoms with Gasteiger partial charge in [-0.15, -0.1) is 11.8 Å². The fourth-order valence-electron chi connectivity index (χ4n) is 4.26. The second kappa shape index (κ2) is 8.23. The van der Waals surface area contributed by atoms with Crippen LogP contribution in [0.1, 0.15) is 41.1 Å². The lowest BCUT2D eigenvalue weighted by Gasteiger charge is -2.21. The van der Waals surface area contributed by atoms with E-state index in [-0.39, 0.29) is 5.82 Å². The Bertz CT molecular complexity index is 1060. The molecule has 1 aromatic heterocycles. The highest BCUT2D eigenvalue weighted by Crippen LogP contribution is 2.44. The van der Waals surface area contributed by atoms with E-state index in [1.165, 1.54) is 36.2 Å². The second-order valence-corrected chi connectivity index (χ2v) is 9.36. The molecule has 1 aliphatic carbocycles. The fourth-order valence-corrected chi connectivity index (χ4v) is 5.34. The number of anilines is 1. The van der Waals surface area contributed by atoms with Gasteiger partial charge in [-0.2, -0.15) is 0 Å². The van der Waals surface area contributed by atoms with E-state index in [1.807, 2.05) is 6.07 Å². The van der Waals surface area contributed by atoms with E-state index in [0.717, 1.165) is 47.6 Å². The Hall–Kier alpha value is -2.66. The van der Waals surface area contributed by atoms with E-state index >= 15 is 0 Å². The van der Waals surface area contributed by atoms with Crippen LogP contribution in [-0.2, 0) is 0 Å². The van der Waals surface area contributed by atoms with Gasteiger partial charge >= 0.3 is 0 Å². The molecule has 2 aromatic carbocycles. The first-order valence-electron chi connectivity index (χ1n) is 10.4. The highest BCUT2D eigenvalue weighted by Gasteiger charge is 2.28. The maximum Gasteiger partial charge on any atom is 0.152 e. The maximum atomic E-state index is 13.1. The van der Waals surface area contributed by atoms with Gasteiger partial charge in [0, 0.05) is 29.6 Å². The molecule has 30 heavy (non-hydrogen) atoms. The van der Waals surface area contributed by atoms with Gasteiger partial charge in [0.2, 0.25) is 0 Å². The summed E-state index contributed by atoms with van der Waals surface area (Å²) in [5.74, 6) is 0.350. The first-order chi connectivity index (χ1) is 14.7. The molecule has 152 valence electrons. The summed E-state index contributed by atoms with van der Waals surface area (Å²) < 4.78 is 13.1. The Morgan fingerprint density at radius 2 is 1.93 bits per heavy atom. The molecule has 1 saturated carbocycles. The maximum absolute atomic E-state index is 13.1. The molecule has 0 spiro atoms. The number of nitrogens with zero attached hydrogens (tertiary/aromatic N) is 2. The number of pyridine rings is 1. The Morgan fingerprint density at radius 1 is 1.07 bits per heavy atom. The topological polar surface area (TPSA) is 33.2 Å². The number of rotatable bonds is 6. The molecule has 2 aliphatic rings. The molecule has 3 aromatic rings. The first-order valence-corrected chi connectivity index (χ1v) is 11.3. The summed E-state index contributed by atoms with van der Waals surface area (Å²) in [5.41, 5.74) is 5.49. The Morgan fingerprint density at radius 3 is 2.70 bits per heavy atom. The highest BCUT2D eigenvalue weighted by atomic mass is 32.2. The lowest BCUT2D eigenvalue weighted by molar-refractivity contribution is 0.112. The molecule has 0 N–H and O–H groups in total. The van der Waals surface area contributed by atoms with Crippen LogP contribution < -0.4 is 4.90 Å². The van der Waals surface area contributed by atoms with Crippen molar-refractivity contribution < 1.29 is 9.18 Å². The number of benzene rings is 2. The molecule has 0 amide bonds. The summed E-state index contributed by atoms with van der Waals surface area (Å²) in [5, 5.41) is 1.21. The van der Waals surface area contributed by atoms with Crippen molar-refractivity contribution in [3.8, 4) is 11.1 Å². The zero-order valence-electron chi connectivity index (χ0n) is 16.6. The van der Waals surface area contributed by atoms with Gasteiger partial charge in [0.25, 0.3) is 0 Å². The van der Waals surface area contributed by atoms with E-state index in [0.29, 0.717) is 11.2 Å². The van der Waals surface area contributed by atoms with Crippen LogP contribution >= 0.6 is 11.8 Å². The minimum absolute atomic E-state index is 0.314. The average molecular weight is 419 g/mol. The lowest BCUT2D eigenvalue weighted by atomic mass is 9.95. The highest BCUT2D eigenvalue weighted by molar-refractivity contribution is 7.99. The lowest BCUT2D eigenvalue weighted by Crippen LogP contribution is -2.21. The number of thioether (sulfide) groups is 1. The normalized spacial score (nSPS) is 18.6. The van der Waals surface area contributed by atoms with E-state index in [9.17, 15) is 9.18 Å². The van der Waals surface area contributed by atoms with Gasteiger partial charge in [0.15, 0.2) is 6.29 Å². The summed E-state index contributed by atoms with van der Waals surface area (Å²) in [6, 6.07) is 18.0. The molecule has 0 unspecified atom stereocenters. The predicted octanol–water partition coefficient (Wildman–Crippen LogP) is 5.95. The Kier molecular flexibility index (Phi) is 5.30. The van der Waals surface area contributed by atoms with Crippen molar-refractivity contribution in [3.05, 3.63) is 77.7 Å². The molecule has 5 heteroatoms. The number of hydrogen-bond acceptors (Lipinski definition) is 4. The van der Waals surface area contributed by atoms with Crippen LogP contribution in [0.3, 0.4) is 0 Å². The van der Waals surface area contributed by atoms with Gasteiger partial charge in [-0.1, -0.05) is 30.3 Å². The number of aromatic nitrogens is 1. The Balaban J connectivity index is 1.35. The van der Waals surface area contributed by atoms with Gasteiger partial charge < -0.3 is 4.90 Å². The van der Waals surface area contributed by atoms with Crippen LogP contribution in [0.4, 0.5) is 10.1 Å². The molecule has 1 aliphatic heterocycles. The smallest absolute Gasteiger partial charge is 0.152 e. The summed E-state index contributed by atoms with van der Waals surface area (Å²) >= 11 is 1.68. The molecule has 1 atom stereocenters. The van der Waals surface area contributed by atoms with Crippen LogP contribution in [0.5, 0.6) is 0 Å². The number of halogens is 1. The van der Waals surface area contributed by atoms with Crippen LogP contribution in [0.15, 0.2) is 65.8 Å². The van der Waals surface area contributed by atoms with Crippen LogP contribution in [0.2, 0.25) is 0 Å². The summed E-state index contributed by atoms with van der Waals surface area (Å²) in [4.78, 5) is 18.4. The fraction of sp³-hybridized carbons (Fsp3) is 0.280.